The number of rotatable bonds is 2. The van der Waals surface area contributed by atoms with E-state index < -0.39 is 18.4 Å². The third-order valence-electron chi connectivity index (χ3n) is 2.04. The molecule has 0 heterocycles. The zero-order valence-corrected chi connectivity index (χ0v) is 7.61. The third kappa shape index (κ3) is 2.47. The molecule has 0 aliphatic heterocycles. The Labute approximate surface area is 79.6 Å². The standard InChI is InChI=1S/C10H10F4/c1-7(6-11)8-2-4-9(5-3-8)10(12,13)14/h2-5,7H,6H2,1H3. The Bertz CT molecular complexity index is 286. The maximum atomic E-state index is 12.2. The molecule has 0 radical (unpaired) electrons. The van der Waals surface area contributed by atoms with Gasteiger partial charge < -0.3 is 0 Å². The summed E-state index contributed by atoms with van der Waals surface area (Å²) >= 11 is 0. The Balaban J connectivity index is 2.89. The van der Waals surface area contributed by atoms with Gasteiger partial charge in [0.15, 0.2) is 0 Å². The lowest BCUT2D eigenvalue weighted by molar-refractivity contribution is -0.137. The summed E-state index contributed by atoms with van der Waals surface area (Å²) in [5.41, 5.74) is -0.118. The second-order valence-electron chi connectivity index (χ2n) is 3.18. The van der Waals surface area contributed by atoms with Gasteiger partial charge in [-0.05, 0) is 17.7 Å². The minimum Gasteiger partial charge on any atom is -0.250 e. The first-order valence-electron chi connectivity index (χ1n) is 4.18. The van der Waals surface area contributed by atoms with Crippen molar-refractivity contribution < 1.29 is 17.6 Å². The molecule has 0 nitrogen and oxygen atoms in total. The van der Waals surface area contributed by atoms with E-state index in [4.69, 9.17) is 0 Å². The van der Waals surface area contributed by atoms with Crippen molar-refractivity contribution in [3.8, 4) is 0 Å². The van der Waals surface area contributed by atoms with Crippen molar-refractivity contribution in [3.05, 3.63) is 35.4 Å². The normalized spacial score (nSPS) is 14.1. The SMILES string of the molecule is CC(CF)c1ccc(C(F)(F)F)cc1. The molecule has 0 aliphatic carbocycles. The molecular formula is C10H10F4. The third-order valence-corrected chi connectivity index (χ3v) is 2.04. The molecule has 1 unspecified atom stereocenters. The summed E-state index contributed by atoms with van der Waals surface area (Å²) in [4.78, 5) is 0. The van der Waals surface area contributed by atoms with Gasteiger partial charge in [0.1, 0.15) is 0 Å². The zero-order chi connectivity index (χ0) is 10.8. The number of benzene rings is 1. The maximum absolute atomic E-state index is 12.2. The molecule has 0 aromatic heterocycles. The minimum atomic E-state index is -4.32. The predicted molar refractivity (Wildman–Crippen MR) is 45.8 cm³/mol. The fourth-order valence-corrected chi connectivity index (χ4v) is 1.09. The van der Waals surface area contributed by atoms with Crippen LogP contribution in [0, 0.1) is 0 Å². The summed E-state index contributed by atoms with van der Waals surface area (Å²) in [5, 5.41) is 0. The van der Waals surface area contributed by atoms with Crippen LogP contribution in [0.1, 0.15) is 24.0 Å². The van der Waals surface area contributed by atoms with Crippen molar-refractivity contribution in [3.63, 3.8) is 0 Å². The van der Waals surface area contributed by atoms with Crippen LogP contribution in [0.4, 0.5) is 17.6 Å². The summed E-state index contributed by atoms with van der Waals surface area (Å²) in [5.74, 6) is -0.350. The van der Waals surface area contributed by atoms with Gasteiger partial charge in [-0.3, -0.25) is 4.39 Å². The molecule has 1 aromatic rings. The molecule has 0 bridgehead atoms. The summed E-state index contributed by atoms with van der Waals surface area (Å²) in [6.45, 7) is 1.06. The lowest BCUT2D eigenvalue weighted by atomic mass is 10.0. The molecule has 0 aliphatic rings. The minimum absolute atomic E-state index is 0.350. The molecule has 0 spiro atoms. The first-order valence-corrected chi connectivity index (χ1v) is 4.18. The molecule has 78 valence electrons. The molecule has 1 atom stereocenters. The van der Waals surface area contributed by atoms with E-state index in [1.807, 2.05) is 0 Å². The van der Waals surface area contributed by atoms with Crippen LogP contribution in [0.15, 0.2) is 24.3 Å². The van der Waals surface area contributed by atoms with Gasteiger partial charge in [0.05, 0.1) is 12.2 Å². The summed E-state index contributed by atoms with van der Waals surface area (Å²) < 4.78 is 48.6. The highest BCUT2D eigenvalue weighted by Crippen LogP contribution is 2.30. The molecule has 0 N–H and O–H groups in total. The summed E-state index contributed by atoms with van der Waals surface area (Å²) in [6, 6.07) is 4.57. The lowest BCUT2D eigenvalue weighted by Crippen LogP contribution is -2.05. The van der Waals surface area contributed by atoms with Crippen molar-refractivity contribution in [1.29, 1.82) is 0 Å². The van der Waals surface area contributed by atoms with E-state index in [1.54, 1.807) is 6.92 Å². The monoisotopic (exact) mass is 206 g/mol. The molecule has 0 fully saturated rings. The van der Waals surface area contributed by atoms with E-state index in [1.165, 1.54) is 12.1 Å². The van der Waals surface area contributed by atoms with Crippen LogP contribution in [0.2, 0.25) is 0 Å². The first kappa shape index (κ1) is 11.0. The van der Waals surface area contributed by atoms with Gasteiger partial charge >= 0.3 is 6.18 Å². The highest BCUT2D eigenvalue weighted by Gasteiger charge is 2.30. The maximum Gasteiger partial charge on any atom is 0.416 e. The summed E-state index contributed by atoms with van der Waals surface area (Å²) in [6.07, 6.45) is -4.32. The van der Waals surface area contributed by atoms with Gasteiger partial charge in [0, 0.05) is 5.92 Å². The van der Waals surface area contributed by atoms with E-state index in [0.717, 1.165) is 12.1 Å². The molecule has 1 aromatic carbocycles. The average Bonchev–Trinajstić information content (AvgIpc) is 2.15. The van der Waals surface area contributed by atoms with Gasteiger partial charge in [0.2, 0.25) is 0 Å². The van der Waals surface area contributed by atoms with Crippen molar-refractivity contribution in [2.75, 3.05) is 6.67 Å². The predicted octanol–water partition coefficient (Wildman–Crippen LogP) is 3.78. The van der Waals surface area contributed by atoms with E-state index in [0.29, 0.717) is 5.56 Å². The second kappa shape index (κ2) is 3.98. The molecule has 0 amide bonds. The van der Waals surface area contributed by atoms with Crippen LogP contribution in [0.5, 0.6) is 0 Å². The van der Waals surface area contributed by atoms with E-state index in [2.05, 4.69) is 0 Å². The van der Waals surface area contributed by atoms with Crippen molar-refractivity contribution >= 4 is 0 Å². The zero-order valence-electron chi connectivity index (χ0n) is 7.61. The molecule has 4 heteroatoms. The van der Waals surface area contributed by atoms with Crippen molar-refractivity contribution in [2.24, 2.45) is 0 Å². The Morgan fingerprint density at radius 3 is 2.00 bits per heavy atom. The van der Waals surface area contributed by atoms with Crippen LogP contribution in [0.25, 0.3) is 0 Å². The van der Waals surface area contributed by atoms with Crippen molar-refractivity contribution in [2.45, 2.75) is 19.0 Å². The first-order chi connectivity index (χ1) is 6.45. The molecule has 14 heavy (non-hydrogen) atoms. The quantitative estimate of drug-likeness (QED) is 0.646. The van der Waals surface area contributed by atoms with Gasteiger partial charge in [-0.1, -0.05) is 19.1 Å². The average molecular weight is 206 g/mol. The van der Waals surface area contributed by atoms with E-state index >= 15 is 0 Å². The molecule has 0 saturated carbocycles. The van der Waals surface area contributed by atoms with Crippen molar-refractivity contribution in [1.82, 2.24) is 0 Å². The largest absolute Gasteiger partial charge is 0.416 e. The van der Waals surface area contributed by atoms with Crippen LogP contribution < -0.4 is 0 Å². The molecule has 0 saturated heterocycles. The van der Waals surface area contributed by atoms with E-state index in [9.17, 15) is 17.6 Å². The fourth-order valence-electron chi connectivity index (χ4n) is 1.09. The smallest absolute Gasteiger partial charge is 0.250 e. The number of alkyl halides is 4. The second-order valence-corrected chi connectivity index (χ2v) is 3.18. The van der Waals surface area contributed by atoms with Gasteiger partial charge in [0.25, 0.3) is 0 Å². The van der Waals surface area contributed by atoms with Gasteiger partial charge in [-0.15, -0.1) is 0 Å². The Hall–Kier alpha value is -1.06. The lowest BCUT2D eigenvalue weighted by Gasteiger charge is -2.10. The van der Waals surface area contributed by atoms with E-state index in [-0.39, 0.29) is 5.92 Å². The van der Waals surface area contributed by atoms with Crippen LogP contribution in [0.3, 0.4) is 0 Å². The molecular weight excluding hydrogens is 196 g/mol. The number of halogens is 4. The number of hydrogen-bond donors (Lipinski definition) is 0. The Kier molecular flexibility index (Phi) is 3.13. The fraction of sp³-hybridized carbons (Fsp3) is 0.400. The van der Waals surface area contributed by atoms with Crippen LogP contribution in [-0.4, -0.2) is 6.67 Å². The highest BCUT2D eigenvalue weighted by molar-refractivity contribution is 5.26. The van der Waals surface area contributed by atoms with Crippen LogP contribution in [-0.2, 0) is 6.18 Å². The number of hydrogen-bond acceptors (Lipinski definition) is 0. The van der Waals surface area contributed by atoms with Gasteiger partial charge in [-0.25, -0.2) is 0 Å². The van der Waals surface area contributed by atoms with Gasteiger partial charge in [-0.2, -0.15) is 13.2 Å². The van der Waals surface area contributed by atoms with Crippen LogP contribution >= 0.6 is 0 Å². The molecule has 1 rings (SSSR count). The highest BCUT2D eigenvalue weighted by atomic mass is 19.4. The topological polar surface area (TPSA) is 0 Å². The Morgan fingerprint density at radius 2 is 1.64 bits per heavy atom. The summed E-state index contributed by atoms with van der Waals surface area (Å²) in [7, 11) is 0. The Morgan fingerprint density at radius 1 is 1.14 bits per heavy atom.